The van der Waals surface area contributed by atoms with Gasteiger partial charge >= 0.3 is 0 Å². The molecule has 0 saturated carbocycles. The molecular weight excluding hydrogens is 300 g/mol. The van der Waals surface area contributed by atoms with E-state index in [0.29, 0.717) is 11.4 Å². The Bertz CT molecular complexity index is 865. The smallest absolute Gasteiger partial charge is 0.224 e. The van der Waals surface area contributed by atoms with Gasteiger partial charge in [-0.15, -0.1) is 0 Å². The molecule has 0 atom stereocenters. The van der Waals surface area contributed by atoms with Gasteiger partial charge in [0.2, 0.25) is 0 Å². The van der Waals surface area contributed by atoms with Crippen LogP contribution in [0.1, 0.15) is 11.4 Å². The van der Waals surface area contributed by atoms with Gasteiger partial charge in [0.25, 0.3) is 10.0 Å². The molecule has 0 saturated heterocycles. The van der Waals surface area contributed by atoms with Gasteiger partial charge in [-0.05, 0) is 38.1 Å². The molecule has 108 valence electrons. The van der Waals surface area contributed by atoms with Gasteiger partial charge in [-0.1, -0.05) is 6.07 Å². The summed E-state index contributed by atoms with van der Waals surface area (Å²) in [5, 5.41) is 3.93. The Morgan fingerprint density at radius 3 is 2.10 bits per heavy atom. The first kappa shape index (κ1) is 14.7. The summed E-state index contributed by atoms with van der Waals surface area (Å²) in [5.41, 5.74) is 1.04. The predicted octanol–water partition coefficient (Wildman–Crippen LogP) is 1.14. The van der Waals surface area contributed by atoms with Crippen LogP contribution >= 0.6 is 0 Å². The molecule has 0 aliphatic heterocycles. The lowest BCUT2D eigenvalue weighted by Crippen LogP contribution is -2.16. The van der Waals surface area contributed by atoms with Crippen LogP contribution in [-0.4, -0.2) is 32.3 Å². The van der Waals surface area contributed by atoms with Gasteiger partial charge in [-0.2, -0.15) is 17.6 Å². The second kappa shape index (κ2) is 4.71. The maximum Gasteiger partial charge on any atom is 0.283 e. The number of aromatic nitrogens is 2. The van der Waals surface area contributed by atoms with Crippen LogP contribution in [0.4, 0.5) is 0 Å². The third-order valence-corrected chi connectivity index (χ3v) is 5.51. The van der Waals surface area contributed by atoms with Crippen LogP contribution in [0.5, 0.6) is 0 Å². The van der Waals surface area contributed by atoms with Crippen molar-refractivity contribution in [2.45, 2.75) is 23.6 Å². The van der Waals surface area contributed by atoms with E-state index >= 15 is 0 Å². The number of nitrogens with zero attached hydrogens (tertiary/aromatic N) is 2. The fourth-order valence-corrected chi connectivity index (χ4v) is 3.95. The maximum absolute atomic E-state index is 12.5. The van der Waals surface area contributed by atoms with Crippen molar-refractivity contribution in [3.8, 4) is 0 Å². The Morgan fingerprint density at radius 1 is 1.00 bits per heavy atom. The van der Waals surface area contributed by atoms with Crippen LogP contribution in [0, 0.1) is 13.8 Å². The van der Waals surface area contributed by atoms with Crippen molar-refractivity contribution in [1.82, 2.24) is 9.19 Å². The third kappa shape index (κ3) is 2.61. The summed E-state index contributed by atoms with van der Waals surface area (Å²) in [6, 6.07) is 6.88. The summed E-state index contributed by atoms with van der Waals surface area (Å²) in [5.74, 6) is 0. The van der Waals surface area contributed by atoms with E-state index in [1.54, 1.807) is 19.9 Å². The lowest BCUT2D eigenvalue weighted by atomic mass is 10.4. The standard InChI is InChI=1S/C12H14N2O4S2/c1-9-7-10(2)14(13-9)20(17,18)12-6-4-5-11(8-12)19(3,15)16/h4-8H,1-3H3. The highest BCUT2D eigenvalue weighted by atomic mass is 32.2. The molecule has 0 spiro atoms. The molecule has 6 nitrogen and oxygen atoms in total. The molecule has 0 bridgehead atoms. The van der Waals surface area contributed by atoms with E-state index in [0.717, 1.165) is 16.4 Å². The first-order chi connectivity index (χ1) is 9.12. The molecule has 1 aromatic carbocycles. The van der Waals surface area contributed by atoms with Crippen LogP contribution < -0.4 is 0 Å². The van der Waals surface area contributed by atoms with E-state index in [-0.39, 0.29) is 9.79 Å². The van der Waals surface area contributed by atoms with Crippen molar-refractivity contribution >= 4 is 19.9 Å². The molecule has 0 fully saturated rings. The van der Waals surface area contributed by atoms with Gasteiger partial charge in [0.1, 0.15) is 0 Å². The summed E-state index contributed by atoms with van der Waals surface area (Å²) in [4.78, 5) is -0.147. The van der Waals surface area contributed by atoms with E-state index in [2.05, 4.69) is 5.10 Å². The summed E-state index contributed by atoms with van der Waals surface area (Å²) in [7, 11) is -7.36. The van der Waals surface area contributed by atoms with Crippen LogP contribution in [0.15, 0.2) is 40.1 Å². The Hall–Kier alpha value is -1.67. The van der Waals surface area contributed by atoms with Crippen molar-refractivity contribution in [3.05, 3.63) is 41.7 Å². The lowest BCUT2D eigenvalue weighted by molar-refractivity contribution is 0.577. The molecule has 2 rings (SSSR count). The van der Waals surface area contributed by atoms with Gasteiger partial charge in [-0.25, -0.2) is 8.42 Å². The molecule has 1 heterocycles. The van der Waals surface area contributed by atoms with Gasteiger partial charge in [0.05, 0.1) is 21.2 Å². The average Bonchev–Trinajstić information content (AvgIpc) is 2.68. The molecule has 0 aliphatic carbocycles. The van der Waals surface area contributed by atoms with E-state index in [1.165, 1.54) is 18.2 Å². The van der Waals surface area contributed by atoms with Crippen molar-refractivity contribution in [2.24, 2.45) is 0 Å². The second-order valence-electron chi connectivity index (χ2n) is 4.52. The maximum atomic E-state index is 12.5. The number of aryl methyl sites for hydroxylation is 2. The van der Waals surface area contributed by atoms with E-state index in [9.17, 15) is 16.8 Å². The second-order valence-corrected chi connectivity index (χ2v) is 8.31. The normalized spacial score (nSPS) is 12.6. The van der Waals surface area contributed by atoms with Crippen molar-refractivity contribution < 1.29 is 16.8 Å². The zero-order chi connectivity index (χ0) is 15.1. The number of rotatable bonds is 3. The van der Waals surface area contributed by atoms with E-state index in [1.807, 2.05) is 0 Å². The van der Waals surface area contributed by atoms with E-state index < -0.39 is 19.9 Å². The number of hydrogen-bond acceptors (Lipinski definition) is 5. The van der Waals surface area contributed by atoms with Crippen molar-refractivity contribution in [2.75, 3.05) is 6.26 Å². The summed E-state index contributed by atoms with van der Waals surface area (Å²) in [6.07, 6.45) is 1.03. The highest BCUT2D eigenvalue weighted by molar-refractivity contribution is 7.91. The quantitative estimate of drug-likeness (QED) is 0.848. The van der Waals surface area contributed by atoms with Gasteiger partial charge in [-0.3, -0.25) is 0 Å². The average molecular weight is 314 g/mol. The summed E-state index contributed by atoms with van der Waals surface area (Å²) < 4.78 is 48.8. The van der Waals surface area contributed by atoms with E-state index in [4.69, 9.17) is 0 Å². The van der Waals surface area contributed by atoms with Crippen molar-refractivity contribution in [1.29, 1.82) is 0 Å². The van der Waals surface area contributed by atoms with Crippen LogP contribution in [0.3, 0.4) is 0 Å². The summed E-state index contributed by atoms with van der Waals surface area (Å²) >= 11 is 0. The summed E-state index contributed by atoms with van der Waals surface area (Å²) in [6.45, 7) is 3.31. The fourth-order valence-electron chi connectivity index (χ4n) is 1.82. The number of sulfone groups is 1. The molecule has 0 N–H and O–H groups in total. The number of benzene rings is 1. The number of hydrogen-bond donors (Lipinski definition) is 0. The molecule has 0 unspecified atom stereocenters. The third-order valence-electron chi connectivity index (χ3n) is 2.73. The van der Waals surface area contributed by atoms with Crippen LogP contribution in [-0.2, 0) is 19.9 Å². The molecule has 0 aliphatic rings. The molecule has 1 aromatic heterocycles. The zero-order valence-corrected chi connectivity index (χ0v) is 12.9. The molecule has 0 amide bonds. The fraction of sp³-hybridized carbons (Fsp3) is 0.250. The van der Waals surface area contributed by atoms with Crippen LogP contribution in [0.2, 0.25) is 0 Å². The van der Waals surface area contributed by atoms with Crippen molar-refractivity contribution in [3.63, 3.8) is 0 Å². The minimum absolute atomic E-state index is 0.0416. The predicted molar refractivity (Wildman–Crippen MR) is 73.8 cm³/mol. The Balaban J connectivity index is 2.65. The molecule has 20 heavy (non-hydrogen) atoms. The van der Waals surface area contributed by atoms with Gasteiger partial charge in [0.15, 0.2) is 9.84 Å². The topological polar surface area (TPSA) is 86.1 Å². The highest BCUT2D eigenvalue weighted by Crippen LogP contribution is 2.19. The molecule has 8 heteroatoms. The highest BCUT2D eigenvalue weighted by Gasteiger charge is 2.21. The Morgan fingerprint density at radius 2 is 1.60 bits per heavy atom. The zero-order valence-electron chi connectivity index (χ0n) is 11.2. The minimum atomic E-state index is -3.89. The van der Waals surface area contributed by atoms with Gasteiger partial charge < -0.3 is 0 Å². The Labute approximate surface area is 118 Å². The molecule has 0 radical (unpaired) electrons. The minimum Gasteiger partial charge on any atom is -0.224 e. The molecular formula is C12H14N2O4S2. The lowest BCUT2D eigenvalue weighted by Gasteiger charge is -2.07. The van der Waals surface area contributed by atoms with Gasteiger partial charge in [0, 0.05) is 6.26 Å². The Kier molecular flexibility index (Phi) is 3.47. The monoisotopic (exact) mass is 314 g/mol. The first-order valence-electron chi connectivity index (χ1n) is 5.71. The van der Waals surface area contributed by atoms with Crippen LogP contribution in [0.25, 0.3) is 0 Å². The SMILES string of the molecule is Cc1cc(C)n(S(=O)(=O)c2cccc(S(C)(=O)=O)c2)n1. The molecule has 2 aromatic rings. The largest absolute Gasteiger partial charge is 0.283 e. The first-order valence-corrected chi connectivity index (χ1v) is 9.04.